The van der Waals surface area contributed by atoms with Crippen LogP contribution < -0.4 is 15.0 Å². The number of rotatable bonds is 8. The number of ether oxygens (including phenoxy) is 2. The third kappa shape index (κ3) is 4.12. The van der Waals surface area contributed by atoms with E-state index >= 15 is 0 Å². The number of aromatic nitrogens is 4. The van der Waals surface area contributed by atoms with Gasteiger partial charge in [-0.25, -0.2) is 0 Å². The summed E-state index contributed by atoms with van der Waals surface area (Å²) >= 11 is 1.62. The molecule has 2 aromatic heterocycles. The van der Waals surface area contributed by atoms with Crippen molar-refractivity contribution in [2.75, 3.05) is 20.0 Å². The molecular formula is C26H24N4O3S. The zero-order valence-electron chi connectivity index (χ0n) is 19.0. The summed E-state index contributed by atoms with van der Waals surface area (Å²) in [5, 5.41) is 10.3. The van der Waals surface area contributed by atoms with Crippen LogP contribution in [-0.2, 0) is 13.0 Å². The van der Waals surface area contributed by atoms with Crippen LogP contribution in [0.1, 0.15) is 11.1 Å². The molecule has 0 aliphatic heterocycles. The summed E-state index contributed by atoms with van der Waals surface area (Å²) in [7, 11) is 3.30. The maximum absolute atomic E-state index is 13.4. The van der Waals surface area contributed by atoms with E-state index in [4.69, 9.17) is 9.47 Å². The average Bonchev–Trinajstić information content (AvgIpc) is 3.31. The number of para-hydroxylation sites is 2. The average molecular weight is 473 g/mol. The van der Waals surface area contributed by atoms with Gasteiger partial charge in [0.1, 0.15) is 11.5 Å². The number of fused-ring (bicyclic) bond motifs is 3. The third-order valence-corrected chi connectivity index (χ3v) is 6.71. The van der Waals surface area contributed by atoms with Gasteiger partial charge < -0.3 is 9.47 Å². The monoisotopic (exact) mass is 472 g/mol. The predicted molar refractivity (Wildman–Crippen MR) is 134 cm³/mol. The van der Waals surface area contributed by atoms with Crippen molar-refractivity contribution in [3.8, 4) is 11.5 Å². The van der Waals surface area contributed by atoms with Gasteiger partial charge in [-0.15, -0.1) is 10.2 Å². The van der Waals surface area contributed by atoms with Gasteiger partial charge in [-0.2, -0.15) is 0 Å². The topological polar surface area (TPSA) is 70.7 Å². The largest absolute Gasteiger partial charge is 0.497 e. The summed E-state index contributed by atoms with van der Waals surface area (Å²) in [6.07, 6.45) is 0.877. The summed E-state index contributed by atoms with van der Waals surface area (Å²) in [6.45, 7) is 0.339. The third-order valence-electron chi connectivity index (χ3n) is 5.78. The molecule has 5 aromatic rings. The number of hydrogen-bond donors (Lipinski definition) is 0. The Balaban J connectivity index is 1.52. The van der Waals surface area contributed by atoms with E-state index in [0.29, 0.717) is 17.7 Å². The summed E-state index contributed by atoms with van der Waals surface area (Å²) in [6, 6.07) is 23.4. The van der Waals surface area contributed by atoms with Gasteiger partial charge in [0.25, 0.3) is 5.56 Å². The molecule has 5 rings (SSSR count). The molecule has 7 nitrogen and oxygen atoms in total. The van der Waals surface area contributed by atoms with E-state index in [9.17, 15) is 4.79 Å². The summed E-state index contributed by atoms with van der Waals surface area (Å²) in [4.78, 5) is 13.4. The Morgan fingerprint density at radius 2 is 1.65 bits per heavy atom. The van der Waals surface area contributed by atoms with Crippen LogP contribution in [0.25, 0.3) is 16.7 Å². The highest BCUT2D eigenvalue weighted by Gasteiger charge is 2.18. The SMILES string of the molecule is COc1ccc(CCSc2nnc3n(Cc4ccccc4OC)c(=O)c4ccccc4n23)cc1. The molecule has 34 heavy (non-hydrogen) atoms. The number of thioether (sulfide) groups is 1. The van der Waals surface area contributed by atoms with E-state index in [2.05, 4.69) is 22.3 Å². The van der Waals surface area contributed by atoms with Crippen molar-refractivity contribution in [3.05, 3.63) is 94.3 Å². The lowest BCUT2D eigenvalue weighted by molar-refractivity contribution is 0.408. The van der Waals surface area contributed by atoms with Crippen LogP contribution in [0.2, 0.25) is 0 Å². The normalized spacial score (nSPS) is 11.2. The fourth-order valence-corrected chi connectivity index (χ4v) is 4.95. The van der Waals surface area contributed by atoms with Gasteiger partial charge >= 0.3 is 0 Å². The molecule has 8 heteroatoms. The Bertz CT molecular complexity index is 1510. The minimum Gasteiger partial charge on any atom is -0.497 e. The van der Waals surface area contributed by atoms with Crippen LogP contribution >= 0.6 is 11.8 Å². The van der Waals surface area contributed by atoms with Crippen molar-refractivity contribution in [1.29, 1.82) is 0 Å². The lowest BCUT2D eigenvalue weighted by Gasteiger charge is -2.13. The second kappa shape index (κ2) is 9.61. The van der Waals surface area contributed by atoms with Crippen LogP contribution in [0.3, 0.4) is 0 Å². The van der Waals surface area contributed by atoms with E-state index in [1.807, 2.05) is 65.1 Å². The lowest BCUT2D eigenvalue weighted by Crippen LogP contribution is -2.24. The second-order valence-corrected chi connectivity index (χ2v) is 8.85. The van der Waals surface area contributed by atoms with Gasteiger partial charge in [0.05, 0.1) is 31.7 Å². The fourth-order valence-electron chi connectivity index (χ4n) is 4.03. The Morgan fingerprint density at radius 1 is 0.882 bits per heavy atom. The van der Waals surface area contributed by atoms with E-state index in [-0.39, 0.29) is 5.56 Å². The first-order valence-electron chi connectivity index (χ1n) is 10.9. The fraction of sp³-hybridized carbons (Fsp3) is 0.192. The molecule has 0 atom stereocenters. The molecule has 0 N–H and O–H groups in total. The first-order chi connectivity index (χ1) is 16.7. The van der Waals surface area contributed by atoms with Crippen molar-refractivity contribution in [3.63, 3.8) is 0 Å². The Morgan fingerprint density at radius 3 is 2.44 bits per heavy atom. The molecule has 0 aliphatic rings. The predicted octanol–water partition coefficient (Wildman–Crippen LogP) is 4.44. The van der Waals surface area contributed by atoms with Crippen molar-refractivity contribution in [1.82, 2.24) is 19.2 Å². The molecule has 0 fully saturated rings. The number of methoxy groups -OCH3 is 2. The van der Waals surface area contributed by atoms with Crippen LogP contribution in [0.15, 0.2) is 82.7 Å². The van der Waals surface area contributed by atoms with Gasteiger partial charge in [-0.05, 0) is 42.3 Å². The second-order valence-electron chi connectivity index (χ2n) is 7.78. The minimum absolute atomic E-state index is 0.101. The molecule has 172 valence electrons. The van der Waals surface area contributed by atoms with Crippen LogP contribution in [0.5, 0.6) is 11.5 Å². The maximum Gasteiger partial charge on any atom is 0.263 e. The summed E-state index contributed by atoms with van der Waals surface area (Å²) in [5.74, 6) is 2.92. The van der Waals surface area contributed by atoms with Gasteiger partial charge in [-0.1, -0.05) is 54.2 Å². The van der Waals surface area contributed by atoms with E-state index in [0.717, 1.165) is 39.9 Å². The van der Waals surface area contributed by atoms with Crippen molar-refractivity contribution < 1.29 is 9.47 Å². The van der Waals surface area contributed by atoms with Crippen molar-refractivity contribution in [2.45, 2.75) is 18.1 Å². The standard InChI is InChI=1S/C26H24N4O3S/c1-32-20-13-11-18(12-14-20)15-16-34-26-28-27-25-29(17-19-7-3-6-10-23(19)33-2)24(31)21-8-4-5-9-22(21)30(25)26/h3-14H,15-17H2,1-2H3. The molecule has 2 heterocycles. The number of aryl methyl sites for hydroxylation is 1. The molecule has 0 spiro atoms. The molecule has 0 aliphatic carbocycles. The first kappa shape index (κ1) is 22.0. The zero-order chi connectivity index (χ0) is 23.5. The highest BCUT2D eigenvalue weighted by Crippen LogP contribution is 2.24. The minimum atomic E-state index is -0.101. The molecule has 3 aromatic carbocycles. The maximum atomic E-state index is 13.4. The Hall–Kier alpha value is -3.78. The van der Waals surface area contributed by atoms with Crippen LogP contribution in [0, 0.1) is 0 Å². The van der Waals surface area contributed by atoms with E-state index in [1.165, 1.54) is 5.56 Å². The molecule has 0 radical (unpaired) electrons. The number of hydrogen-bond acceptors (Lipinski definition) is 6. The Kier molecular flexibility index (Phi) is 6.22. The van der Waals surface area contributed by atoms with Crippen LogP contribution in [-0.4, -0.2) is 39.1 Å². The molecule has 0 saturated heterocycles. The van der Waals surface area contributed by atoms with Crippen molar-refractivity contribution >= 4 is 28.4 Å². The molecule has 0 amide bonds. The molecular weight excluding hydrogens is 448 g/mol. The molecule has 0 bridgehead atoms. The summed E-state index contributed by atoms with van der Waals surface area (Å²) < 4.78 is 14.4. The van der Waals surface area contributed by atoms with Crippen LogP contribution in [0.4, 0.5) is 0 Å². The summed E-state index contributed by atoms with van der Waals surface area (Å²) in [5.41, 5.74) is 2.83. The highest BCUT2D eigenvalue weighted by atomic mass is 32.2. The molecule has 0 unspecified atom stereocenters. The van der Waals surface area contributed by atoms with Gasteiger partial charge in [0.2, 0.25) is 5.78 Å². The number of benzene rings is 3. The molecule has 0 saturated carbocycles. The number of nitrogens with zero attached hydrogens (tertiary/aromatic N) is 4. The van der Waals surface area contributed by atoms with E-state index in [1.54, 1.807) is 30.5 Å². The first-order valence-corrected chi connectivity index (χ1v) is 11.9. The quantitative estimate of drug-likeness (QED) is 0.311. The zero-order valence-corrected chi connectivity index (χ0v) is 19.8. The highest BCUT2D eigenvalue weighted by molar-refractivity contribution is 7.99. The van der Waals surface area contributed by atoms with E-state index < -0.39 is 0 Å². The Labute approximate surface area is 201 Å². The van der Waals surface area contributed by atoms with Gasteiger partial charge in [0.15, 0.2) is 5.16 Å². The van der Waals surface area contributed by atoms with Gasteiger partial charge in [-0.3, -0.25) is 13.8 Å². The lowest BCUT2D eigenvalue weighted by atomic mass is 10.2. The smallest absolute Gasteiger partial charge is 0.263 e. The van der Waals surface area contributed by atoms with Gasteiger partial charge in [0, 0.05) is 11.3 Å². The van der Waals surface area contributed by atoms with Crippen molar-refractivity contribution in [2.24, 2.45) is 0 Å².